The second-order valence-electron chi connectivity index (χ2n) is 6.42. The lowest BCUT2D eigenvalue weighted by atomic mass is 9.89. The first kappa shape index (κ1) is 17.3. The number of hydrogen-bond acceptors (Lipinski definition) is 4. The van der Waals surface area contributed by atoms with Crippen molar-refractivity contribution in [2.45, 2.75) is 44.8 Å². The first-order chi connectivity index (χ1) is 12.1. The summed E-state index contributed by atoms with van der Waals surface area (Å²) < 4.78 is 11.1. The van der Waals surface area contributed by atoms with E-state index in [0.29, 0.717) is 12.3 Å². The fraction of sp³-hybridized carbons (Fsp3) is 0.474. The SMILES string of the molecule is C=C1NC(=O)NC(c2ccc(OCC)cc2)C1C(=O)OC1CCCC1. The number of amides is 2. The van der Waals surface area contributed by atoms with Crippen molar-refractivity contribution in [1.82, 2.24) is 10.6 Å². The van der Waals surface area contributed by atoms with E-state index in [-0.39, 0.29) is 18.1 Å². The predicted molar refractivity (Wildman–Crippen MR) is 93.0 cm³/mol. The van der Waals surface area contributed by atoms with Crippen molar-refractivity contribution < 1.29 is 19.1 Å². The number of esters is 1. The number of carbonyl (C=O) groups is 2. The van der Waals surface area contributed by atoms with Crippen LogP contribution in [0.25, 0.3) is 0 Å². The molecule has 1 aromatic rings. The Bertz CT molecular complexity index is 650. The zero-order valence-electron chi connectivity index (χ0n) is 14.4. The van der Waals surface area contributed by atoms with Gasteiger partial charge in [0.25, 0.3) is 0 Å². The standard InChI is InChI=1S/C19H24N2O4/c1-3-24-14-10-8-13(9-11-14)17-16(12(2)20-19(23)21-17)18(22)25-15-6-4-5-7-15/h8-11,15-17H,2-7H2,1H3,(H2,20,21,23). The molecule has 1 saturated heterocycles. The van der Waals surface area contributed by atoms with Crippen LogP contribution in [0.3, 0.4) is 0 Å². The lowest BCUT2D eigenvalue weighted by molar-refractivity contribution is -0.153. The van der Waals surface area contributed by atoms with Gasteiger partial charge in [-0.05, 0) is 50.3 Å². The molecule has 0 aromatic heterocycles. The smallest absolute Gasteiger partial charge is 0.319 e. The molecule has 1 aromatic carbocycles. The first-order valence-electron chi connectivity index (χ1n) is 8.78. The molecule has 2 unspecified atom stereocenters. The fourth-order valence-corrected chi connectivity index (χ4v) is 3.42. The first-order valence-corrected chi connectivity index (χ1v) is 8.78. The summed E-state index contributed by atoms with van der Waals surface area (Å²) in [7, 11) is 0. The third-order valence-electron chi connectivity index (χ3n) is 4.66. The van der Waals surface area contributed by atoms with Gasteiger partial charge in [0.05, 0.1) is 12.6 Å². The van der Waals surface area contributed by atoms with Crippen LogP contribution in [0.4, 0.5) is 4.79 Å². The number of urea groups is 1. The van der Waals surface area contributed by atoms with E-state index in [2.05, 4.69) is 17.2 Å². The van der Waals surface area contributed by atoms with Gasteiger partial charge in [0, 0.05) is 5.70 Å². The quantitative estimate of drug-likeness (QED) is 0.805. The number of hydrogen-bond donors (Lipinski definition) is 2. The molecule has 25 heavy (non-hydrogen) atoms. The summed E-state index contributed by atoms with van der Waals surface area (Å²) in [6.45, 7) is 6.36. The maximum atomic E-state index is 12.7. The molecule has 2 atom stereocenters. The van der Waals surface area contributed by atoms with Crippen LogP contribution >= 0.6 is 0 Å². The van der Waals surface area contributed by atoms with Gasteiger partial charge in [-0.3, -0.25) is 4.79 Å². The summed E-state index contributed by atoms with van der Waals surface area (Å²) in [5, 5.41) is 5.41. The topological polar surface area (TPSA) is 76.7 Å². The van der Waals surface area contributed by atoms with Gasteiger partial charge in [-0.15, -0.1) is 0 Å². The van der Waals surface area contributed by atoms with Gasteiger partial charge >= 0.3 is 12.0 Å². The monoisotopic (exact) mass is 344 g/mol. The average Bonchev–Trinajstić information content (AvgIpc) is 3.08. The molecule has 0 bridgehead atoms. The van der Waals surface area contributed by atoms with E-state index in [4.69, 9.17) is 9.47 Å². The fourth-order valence-electron chi connectivity index (χ4n) is 3.42. The van der Waals surface area contributed by atoms with E-state index < -0.39 is 12.0 Å². The van der Waals surface area contributed by atoms with Crippen molar-refractivity contribution in [2.75, 3.05) is 6.61 Å². The number of benzene rings is 1. The molecule has 1 saturated carbocycles. The van der Waals surface area contributed by atoms with Crippen LogP contribution in [-0.2, 0) is 9.53 Å². The van der Waals surface area contributed by atoms with Crippen LogP contribution in [0, 0.1) is 5.92 Å². The van der Waals surface area contributed by atoms with Gasteiger partial charge in [0.2, 0.25) is 0 Å². The molecule has 2 N–H and O–H groups in total. The maximum absolute atomic E-state index is 12.7. The Labute approximate surface area is 147 Å². The highest BCUT2D eigenvalue weighted by Crippen LogP contribution is 2.33. The Hall–Kier alpha value is -2.50. The third kappa shape index (κ3) is 3.95. The summed E-state index contributed by atoms with van der Waals surface area (Å²) in [6, 6.07) is 6.48. The highest BCUT2D eigenvalue weighted by molar-refractivity contribution is 5.85. The molecule has 6 heteroatoms. The van der Waals surface area contributed by atoms with Crippen LogP contribution in [0.15, 0.2) is 36.5 Å². The molecule has 134 valence electrons. The Morgan fingerprint density at radius 2 is 1.92 bits per heavy atom. The summed E-state index contributed by atoms with van der Waals surface area (Å²) in [5.74, 6) is -0.255. The zero-order chi connectivity index (χ0) is 17.8. The van der Waals surface area contributed by atoms with Gasteiger partial charge in [0.15, 0.2) is 0 Å². The molecule has 2 amide bonds. The Morgan fingerprint density at radius 3 is 2.56 bits per heavy atom. The highest BCUT2D eigenvalue weighted by Gasteiger charge is 2.40. The minimum atomic E-state index is -0.656. The normalized spacial score (nSPS) is 23.7. The number of ether oxygens (including phenoxy) is 2. The minimum Gasteiger partial charge on any atom is -0.494 e. The maximum Gasteiger partial charge on any atom is 0.319 e. The highest BCUT2D eigenvalue weighted by atomic mass is 16.5. The molecular formula is C19H24N2O4. The van der Waals surface area contributed by atoms with Crippen molar-refractivity contribution >= 4 is 12.0 Å². The van der Waals surface area contributed by atoms with Crippen molar-refractivity contribution in [3.63, 3.8) is 0 Å². The van der Waals surface area contributed by atoms with Crippen LogP contribution < -0.4 is 15.4 Å². The Morgan fingerprint density at radius 1 is 1.24 bits per heavy atom. The summed E-state index contributed by atoms with van der Waals surface area (Å²) in [6.07, 6.45) is 3.94. The van der Waals surface area contributed by atoms with Crippen LogP contribution in [-0.4, -0.2) is 24.7 Å². The van der Waals surface area contributed by atoms with Crippen molar-refractivity contribution in [3.8, 4) is 5.75 Å². The van der Waals surface area contributed by atoms with E-state index in [1.54, 1.807) is 0 Å². The molecule has 2 aliphatic rings. The lowest BCUT2D eigenvalue weighted by Crippen LogP contribution is -2.51. The van der Waals surface area contributed by atoms with Gasteiger partial charge in [-0.2, -0.15) is 0 Å². The van der Waals surface area contributed by atoms with E-state index in [1.807, 2.05) is 31.2 Å². The molecule has 0 radical (unpaired) electrons. The van der Waals surface area contributed by atoms with Gasteiger partial charge in [-0.1, -0.05) is 18.7 Å². The molecule has 1 aliphatic carbocycles. The van der Waals surface area contributed by atoms with Gasteiger partial charge in [-0.25, -0.2) is 4.79 Å². The van der Waals surface area contributed by atoms with Crippen LogP contribution in [0.5, 0.6) is 5.75 Å². The summed E-state index contributed by atoms with van der Waals surface area (Å²) >= 11 is 0. The predicted octanol–water partition coefficient (Wildman–Crippen LogP) is 3.05. The number of nitrogens with one attached hydrogen (secondary N) is 2. The van der Waals surface area contributed by atoms with Crippen molar-refractivity contribution in [3.05, 3.63) is 42.1 Å². The van der Waals surface area contributed by atoms with Gasteiger partial charge in [0.1, 0.15) is 17.8 Å². The number of carbonyl (C=O) groups excluding carboxylic acids is 2. The molecule has 1 heterocycles. The average molecular weight is 344 g/mol. The minimum absolute atomic E-state index is 0.0288. The summed E-state index contributed by atoms with van der Waals surface area (Å²) in [5.41, 5.74) is 1.18. The van der Waals surface area contributed by atoms with Crippen molar-refractivity contribution in [2.24, 2.45) is 5.92 Å². The van der Waals surface area contributed by atoms with E-state index in [9.17, 15) is 9.59 Å². The van der Waals surface area contributed by atoms with Gasteiger partial charge < -0.3 is 20.1 Å². The molecule has 3 rings (SSSR count). The molecular weight excluding hydrogens is 320 g/mol. The van der Waals surface area contributed by atoms with Crippen LogP contribution in [0.2, 0.25) is 0 Å². The largest absolute Gasteiger partial charge is 0.494 e. The van der Waals surface area contributed by atoms with E-state index in [0.717, 1.165) is 37.0 Å². The third-order valence-corrected chi connectivity index (χ3v) is 4.66. The van der Waals surface area contributed by atoms with E-state index in [1.165, 1.54) is 0 Å². The summed E-state index contributed by atoms with van der Waals surface area (Å²) in [4.78, 5) is 24.6. The Balaban J connectivity index is 1.80. The second kappa shape index (κ2) is 7.59. The van der Waals surface area contributed by atoms with E-state index >= 15 is 0 Å². The molecule has 2 fully saturated rings. The van der Waals surface area contributed by atoms with Crippen LogP contribution in [0.1, 0.15) is 44.2 Å². The number of rotatable bonds is 5. The molecule has 6 nitrogen and oxygen atoms in total. The Kier molecular flexibility index (Phi) is 5.26. The second-order valence-corrected chi connectivity index (χ2v) is 6.42. The lowest BCUT2D eigenvalue weighted by Gasteiger charge is -2.34. The zero-order valence-corrected chi connectivity index (χ0v) is 14.4. The molecule has 0 spiro atoms. The van der Waals surface area contributed by atoms with Crippen molar-refractivity contribution in [1.29, 1.82) is 0 Å². The molecule has 1 aliphatic heterocycles.